The predicted molar refractivity (Wildman–Crippen MR) is 90.3 cm³/mol. The molecule has 0 atom stereocenters. The van der Waals surface area contributed by atoms with E-state index in [0.29, 0.717) is 10.6 Å². The predicted octanol–water partition coefficient (Wildman–Crippen LogP) is 5.05. The Morgan fingerprint density at radius 3 is 2.39 bits per heavy atom. The number of hydrogen-bond donors (Lipinski definition) is 0. The molecule has 0 spiro atoms. The number of rotatable bonds is 4. The average molecular weight is 320 g/mol. The number of aromatic nitrogens is 1. The minimum Gasteiger partial charge on any atom is -0.240 e. The molecule has 112 valence electrons. The second-order valence-electron chi connectivity index (χ2n) is 4.94. The van der Waals surface area contributed by atoms with E-state index < -0.39 is 0 Å². The monoisotopic (exact) mass is 320 g/mol. The third-order valence-electron chi connectivity index (χ3n) is 3.34. The molecule has 0 bridgehead atoms. The van der Waals surface area contributed by atoms with Gasteiger partial charge in [-0.2, -0.15) is 5.26 Å². The van der Waals surface area contributed by atoms with Crippen LogP contribution in [0.5, 0.6) is 0 Å². The molecule has 0 amide bonds. The Kier molecular flexibility index (Phi) is 4.70. The first-order chi connectivity index (χ1) is 11.3. The summed E-state index contributed by atoms with van der Waals surface area (Å²) in [6, 6.07) is 22.0. The summed E-state index contributed by atoms with van der Waals surface area (Å²) in [6.07, 6.45) is 0. The summed E-state index contributed by atoms with van der Waals surface area (Å²) in [5, 5.41) is 9.95. The molecule has 0 unspecified atom stereocenters. The van der Waals surface area contributed by atoms with Crippen LogP contribution in [0.4, 0.5) is 4.39 Å². The molecule has 3 rings (SSSR count). The molecule has 0 radical (unpaired) electrons. The molecule has 0 aliphatic carbocycles. The number of halogens is 1. The maximum atomic E-state index is 13.0. The highest BCUT2D eigenvalue weighted by Gasteiger charge is 2.08. The van der Waals surface area contributed by atoms with Crippen molar-refractivity contribution in [1.82, 2.24) is 4.98 Å². The third kappa shape index (κ3) is 3.77. The fourth-order valence-corrected chi connectivity index (χ4v) is 3.07. The van der Waals surface area contributed by atoms with Crippen LogP contribution >= 0.6 is 11.8 Å². The van der Waals surface area contributed by atoms with Gasteiger partial charge in [0, 0.05) is 11.3 Å². The fraction of sp³-hybridized carbons (Fsp3) is 0.0526. The highest BCUT2D eigenvalue weighted by Crippen LogP contribution is 2.27. The highest BCUT2D eigenvalue weighted by atomic mass is 32.2. The van der Waals surface area contributed by atoms with Gasteiger partial charge in [-0.05, 0) is 42.0 Å². The van der Waals surface area contributed by atoms with Crippen molar-refractivity contribution >= 4 is 11.8 Å². The number of benzene rings is 2. The molecule has 1 aromatic heterocycles. The Balaban J connectivity index is 1.87. The molecule has 4 heteroatoms. The van der Waals surface area contributed by atoms with Crippen molar-refractivity contribution in [1.29, 1.82) is 5.26 Å². The van der Waals surface area contributed by atoms with Gasteiger partial charge in [-0.1, -0.05) is 30.3 Å². The summed E-state index contributed by atoms with van der Waals surface area (Å²) in [4.78, 5) is 4.58. The summed E-state index contributed by atoms with van der Waals surface area (Å²) >= 11 is 1.53. The zero-order valence-electron chi connectivity index (χ0n) is 12.2. The first-order valence-corrected chi connectivity index (χ1v) is 8.08. The lowest BCUT2D eigenvalue weighted by molar-refractivity contribution is 0.628. The van der Waals surface area contributed by atoms with Crippen LogP contribution in [-0.2, 0) is 5.75 Å². The minimum atomic E-state index is -0.277. The van der Waals surface area contributed by atoms with Gasteiger partial charge in [-0.3, -0.25) is 0 Å². The van der Waals surface area contributed by atoms with Crippen LogP contribution in [0, 0.1) is 17.1 Å². The van der Waals surface area contributed by atoms with Crippen molar-refractivity contribution in [3.05, 3.63) is 83.7 Å². The number of pyridine rings is 1. The number of nitrogens with zero attached hydrogens (tertiary/aromatic N) is 2. The van der Waals surface area contributed by atoms with E-state index in [1.54, 1.807) is 24.3 Å². The molecule has 2 nitrogen and oxygen atoms in total. The molecule has 0 N–H and O–H groups in total. The van der Waals surface area contributed by atoms with E-state index in [-0.39, 0.29) is 5.82 Å². The Bertz CT molecular complexity index is 839. The summed E-state index contributed by atoms with van der Waals surface area (Å²) in [5.74, 6) is 0.469. The average Bonchev–Trinajstić information content (AvgIpc) is 2.61. The molecule has 2 aromatic carbocycles. The topological polar surface area (TPSA) is 36.7 Å². The summed E-state index contributed by atoms with van der Waals surface area (Å²) in [6.45, 7) is 0. The smallest absolute Gasteiger partial charge is 0.123 e. The van der Waals surface area contributed by atoms with Crippen molar-refractivity contribution in [2.45, 2.75) is 10.8 Å². The van der Waals surface area contributed by atoms with Crippen LogP contribution in [0.25, 0.3) is 11.3 Å². The second kappa shape index (κ2) is 7.08. The lowest BCUT2D eigenvalue weighted by Gasteiger charge is -2.07. The molecule has 0 saturated carbocycles. The Morgan fingerprint density at radius 1 is 0.957 bits per heavy atom. The third-order valence-corrected chi connectivity index (χ3v) is 4.40. The molecule has 23 heavy (non-hydrogen) atoms. The zero-order chi connectivity index (χ0) is 16.1. The zero-order valence-corrected chi connectivity index (χ0v) is 13.1. The van der Waals surface area contributed by atoms with Gasteiger partial charge in [0.2, 0.25) is 0 Å². The maximum Gasteiger partial charge on any atom is 0.123 e. The SMILES string of the molecule is N#Cc1ccc(-c2ccc(F)cc2)nc1SCc1ccccc1. The van der Waals surface area contributed by atoms with Crippen molar-refractivity contribution in [2.24, 2.45) is 0 Å². The van der Waals surface area contributed by atoms with E-state index in [2.05, 4.69) is 11.1 Å². The van der Waals surface area contributed by atoms with Gasteiger partial charge in [0.15, 0.2) is 0 Å². The van der Waals surface area contributed by atoms with Crippen molar-refractivity contribution in [3.63, 3.8) is 0 Å². The molecule has 0 aliphatic heterocycles. The minimum absolute atomic E-state index is 0.277. The van der Waals surface area contributed by atoms with E-state index in [4.69, 9.17) is 0 Å². The van der Waals surface area contributed by atoms with Crippen molar-refractivity contribution in [2.75, 3.05) is 0 Å². The van der Waals surface area contributed by atoms with E-state index in [1.807, 2.05) is 30.3 Å². The van der Waals surface area contributed by atoms with Crippen LogP contribution in [0.15, 0.2) is 71.8 Å². The number of thioether (sulfide) groups is 1. The quantitative estimate of drug-likeness (QED) is 0.631. The number of nitriles is 1. The van der Waals surface area contributed by atoms with Crippen LogP contribution in [0.1, 0.15) is 11.1 Å². The van der Waals surface area contributed by atoms with E-state index in [0.717, 1.165) is 17.0 Å². The van der Waals surface area contributed by atoms with Gasteiger partial charge in [-0.15, -0.1) is 11.8 Å². The Morgan fingerprint density at radius 2 is 1.70 bits per heavy atom. The standard InChI is InChI=1S/C19H13FN2S/c20-17-9-6-15(7-10-17)18-11-8-16(12-21)19(22-18)23-13-14-4-2-1-3-5-14/h1-11H,13H2. The van der Waals surface area contributed by atoms with Gasteiger partial charge in [0.05, 0.1) is 11.3 Å². The van der Waals surface area contributed by atoms with Crippen LogP contribution in [-0.4, -0.2) is 4.98 Å². The summed E-state index contributed by atoms with van der Waals surface area (Å²) < 4.78 is 13.0. The van der Waals surface area contributed by atoms with Gasteiger partial charge < -0.3 is 0 Å². The first-order valence-electron chi connectivity index (χ1n) is 7.10. The summed E-state index contributed by atoms with van der Waals surface area (Å²) in [7, 11) is 0. The van der Waals surface area contributed by atoms with Crippen molar-refractivity contribution in [3.8, 4) is 17.3 Å². The lowest BCUT2D eigenvalue weighted by atomic mass is 10.1. The van der Waals surface area contributed by atoms with E-state index in [1.165, 1.54) is 29.5 Å². The largest absolute Gasteiger partial charge is 0.240 e. The maximum absolute atomic E-state index is 13.0. The van der Waals surface area contributed by atoms with E-state index in [9.17, 15) is 9.65 Å². The van der Waals surface area contributed by atoms with E-state index >= 15 is 0 Å². The van der Waals surface area contributed by atoms with Gasteiger partial charge >= 0.3 is 0 Å². The summed E-state index contributed by atoms with van der Waals surface area (Å²) in [5.41, 5.74) is 3.30. The fourth-order valence-electron chi connectivity index (χ4n) is 2.14. The molecule has 0 saturated heterocycles. The lowest BCUT2D eigenvalue weighted by Crippen LogP contribution is -1.92. The molecular formula is C19H13FN2S. The Hall–Kier alpha value is -2.64. The number of hydrogen-bond acceptors (Lipinski definition) is 3. The van der Waals surface area contributed by atoms with Crippen LogP contribution in [0.2, 0.25) is 0 Å². The van der Waals surface area contributed by atoms with Crippen LogP contribution in [0.3, 0.4) is 0 Å². The van der Waals surface area contributed by atoms with Gasteiger partial charge in [-0.25, -0.2) is 9.37 Å². The molecule has 3 aromatic rings. The van der Waals surface area contributed by atoms with Gasteiger partial charge in [0.25, 0.3) is 0 Å². The van der Waals surface area contributed by atoms with Gasteiger partial charge in [0.1, 0.15) is 16.9 Å². The molecule has 0 fully saturated rings. The molecule has 0 aliphatic rings. The first kappa shape index (κ1) is 15.3. The Labute approximate surface area is 138 Å². The molecule has 1 heterocycles. The normalized spacial score (nSPS) is 10.3. The molecular weight excluding hydrogens is 307 g/mol. The highest BCUT2D eigenvalue weighted by molar-refractivity contribution is 7.98. The van der Waals surface area contributed by atoms with Crippen LogP contribution < -0.4 is 0 Å². The second-order valence-corrected chi connectivity index (χ2v) is 5.91. The van der Waals surface area contributed by atoms with Crippen molar-refractivity contribution < 1.29 is 4.39 Å².